The lowest BCUT2D eigenvalue weighted by Crippen LogP contribution is -2.04. The molecule has 0 unspecified atom stereocenters. The molecule has 0 fully saturated rings. The summed E-state index contributed by atoms with van der Waals surface area (Å²) < 4.78 is 9.36. The lowest BCUT2D eigenvalue weighted by Gasteiger charge is -1.97. The van der Waals surface area contributed by atoms with Crippen LogP contribution in [0.25, 0.3) is 0 Å². The number of rotatable bonds is 0. The van der Waals surface area contributed by atoms with Crippen molar-refractivity contribution < 1.29 is 9.31 Å². The quantitative estimate of drug-likeness (QED) is 0.414. The Labute approximate surface area is 48.3 Å². The lowest BCUT2D eigenvalue weighted by molar-refractivity contribution is 0.314. The van der Waals surface area contributed by atoms with Gasteiger partial charge in [-0.25, -0.2) is 0 Å². The molecule has 4 heteroatoms. The van der Waals surface area contributed by atoms with E-state index in [9.17, 15) is 0 Å². The van der Waals surface area contributed by atoms with Gasteiger partial charge in [0.2, 0.25) is 0 Å². The van der Waals surface area contributed by atoms with Crippen LogP contribution in [0.1, 0.15) is 0 Å². The largest absolute Gasteiger partial charge is 0.572 e. The zero-order valence-electron chi connectivity index (χ0n) is 4.28. The molecule has 0 N–H and O–H groups in total. The summed E-state index contributed by atoms with van der Waals surface area (Å²) in [5.74, 6) is 0. The van der Waals surface area contributed by atoms with E-state index in [0.717, 1.165) is 0 Å². The van der Waals surface area contributed by atoms with E-state index in [0.29, 0.717) is 6.61 Å². The fourth-order valence-corrected chi connectivity index (χ4v) is 0.328. The van der Waals surface area contributed by atoms with Crippen LogP contribution in [0, 0.1) is 0 Å². The minimum Gasteiger partial charge on any atom is -0.542 e. The van der Waals surface area contributed by atoms with Gasteiger partial charge >= 0.3 is 7.69 Å². The van der Waals surface area contributed by atoms with E-state index >= 15 is 0 Å². The van der Waals surface area contributed by atoms with Crippen LogP contribution in [0.2, 0.25) is 0 Å². The molecule has 0 bridgehead atoms. The van der Waals surface area contributed by atoms with Crippen LogP contribution < -0.4 is 0 Å². The van der Waals surface area contributed by atoms with E-state index in [4.69, 9.17) is 4.65 Å². The van der Waals surface area contributed by atoms with Crippen LogP contribution in [0.15, 0.2) is 17.5 Å². The maximum absolute atomic E-state index is 4.73. The normalized spacial score (nSPS) is 22.0. The van der Waals surface area contributed by atoms with Gasteiger partial charge < -0.3 is 9.31 Å². The number of aliphatic imine (C=N–C) groups is 1. The van der Waals surface area contributed by atoms with Gasteiger partial charge in [-0.15, -0.1) is 0 Å². The molecule has 0 spiro atoms. The summed E-state index contributed by atoms with van der Waals surface area (Å²) in [5.41, 5.74) is 0. The van der Waals surface area contributed by atoms with Gasteiger partial charge in [0, 0.05) is 6.21 Å². The summed E-state index contributed by atoms with van der Waals surface area (Å²) in [6.45, 7) is 0.477. The average molecular weight is 110 g/mol. The first-order chi connectivity index (χ1) is 4.00. The lowest BCUT2D eigenvalue weighted by atomic mass is 10.4. The Morgan fingerprint density at radius 3 is 3.62 bits per heavy atom. The maximum atomic E-state index is 4.73. The van der Waals surface area contributed by atoms with Gasteiger partial charge in [0.1, 0.15) is 0 Å². The fourth-order valence-electron chi connectivity index (χ4n) is 0.328. The topological polar surface area (TPSA) is 30.8 Å². The highest BCUT2D eigenvalue weighted by Gasteiger charge is 1.90. The molecule has 1 aliphatic rings. The Bertz CT molecular complexity index is 98.6. The van der Waals surface area contributed by atoms with E-state index in [-0.39, 0.29) is 0 Å². The van der Waals surface area contributed by atoms with Crippen molar-refractivity contribution in [3.63, 3.8) is 0 Å². The molecule has 0 atom stereocenters. The molecule has 1 radical (unpaired) electrons. The van der Waals surface area contributed by atoms with Gasteiger partial charge in [-0.1, -0.05) is 0 Å². The molecule has 0 saturated carbocycles. The van der Waals surface area contributed by atoms with Gasteiger partial charge in [-0.05, 0) is 0 Å². The second kappa shape index (κ2) is 3.26. The molecule has 1 heterocycles. The molecular weight excluding hydrogens is 105 g/mol. The first-order valence-corrected chi connectivity index (χ1v) is 2.25. The Balaban J connectivity index is 2.33. The Morgan fingerprint density at radius 2 is 2.62 bits per heavy atom. The predicted molar refractivity (Wildman–Crippen MR) is 30.4 cm³/mol. The van der Waals surface area contributed by atoms with Crippen molar-refractivity contribution in [1.29, 1.82) is 0 Å². The van der Waals surface area contributed by atoms with Gasteiger partial charge in [0.15, 0.2) is 0 Å². The summed E-state index contributed by atoms with van der Waals surface area (Å²) in [5, 5.41) is 0. The third-order valence-electron chi connectivity index (χ3n) is 0.625. The van der Waals surface area contributed by atoms with Gasteiger partial charge in [0.05, 0.1) is 19.1 Å². The van der Waals surface area contributed by atoms with Crippen LogP contribution in [0.5, 0.6) is 0 Å². The number of nitrogens with zero attached hydrogens (tertiary/aromatic N) is 1. The van der Waals surface area contributed by atoms with E-state index in [1.165, 1.54) is 13.9 Å². The minimum atomic E-state index is 0.477. The van der Waals surface area contributed by atoms with Crippen molar-refractivity contribution in [1.82, 2.24) is 0 Å². The Hall–Kier alpha value is -0.765. The summed E-state index contributed by atoms with van der Waals surface area (Å²) in [4.78, 5) is 3.76. The molecule has 1 rings (SSSR count). The molecule has 3 nitrogen and oxygen atoms in total. The zero-order valence-corrected chi connectivity index (χ0v) is 4.28. The molecule has 8 heavy (non-hydrogen) atoms. The van der Waals surface area contributed by atoms with Crippen LogP contribution in [-0.4, -0.2) is 20.5 Å². The van der Waals surface area contributed by atoms with Crippen molar-refractivity contribution in [2.45, 2.75) is 0 Å². The van der Waals surface area contributed by atoms with Gasteiger partial charge in [0.25, 0.3) is 0 Å². The van der Waals surface area contributed by atoms with Crippen LogP contribution >= 0.6 is 0 Å². The molecule has 41 valence electrons. The van der Waals surface area contributed by atoms with E-state index in [2.05, 4.69) is 9.65 Å². The van der Waals surface area contributed by atoms with Crippen molar-refractivity contribution in [3.8, 4) is 0 Å². The monoisotopic (exact) mass is 110 g/mol. The highest BCUT2D eigenvalue weighted by molar-refractivity contribution is 6.18. The van der Waals surface area contributed by atoms with Crippen LogP contribution in [0.3, 0.4) is 0 Å². The molecular formula is C4H5BNO2. The van der Waals surface area contributed by atoms with Crippen LogP contribution in [-0.2, 0) is 9.31 Å². The highest BCUT2D eigenvalue weighted by atomic mass is 16.6. The minimum absolute atomic E-state index is 0.477. The number of hydrogen-bond acceptors (Lipinski definition) is 3. The van der Waals surface area contributed by atoms with Gasteiger partial charge in [-0.2, -0.15) is 0 Å². The van der Waals surface area contributed by atoms with E-state index in [1.54, 1.807) is 12.4 Å². The fraction of sp³-hybridized carbons (Fsp3) is 0.250. The van der Waals surface area contributed by atoms with Gasteiger partial charge in [-0.3, -0.25) is 4.99 Å². The molecule has 0 aromatic carbocycles. The molecule has 1 aliphatic heterocycles. The Kier molecular flexibility index (Phi) is 2.19. The maximum Gasteiger partial charge on any atom is 0.572 e. The standard InChI is InChI=1S/C4H5BNO2/c1-3-7-5-8-4-2-6-1/h1-3H,4H2/b3-1-,6-2?. The first-order valence-electron chi connectivity index (χ1n) is 2.25. The summed E-state index contributed by atoms with van der Waals surface area (Å²) in [7, 11) is 1.27. The predicted octanol–water partition coefficient (Wildman–Crippen LogP) is 0.109. The van der Waals surface area contributed by atoms with Crippen molar-refractivity contribution >= 4 is 13.9 Å². The smallest absolute Gasteiger partial charge is 0.542 e. The average Bonchev–Trinajstić information content (AvgIpc) is 1.62. The second-order valence-electron chi connectivity index (χ2n) is 1.18. The summed E-state index contributed by atoms with van der Waals surface area (Å²) in [6, 6.07) is 0. The Morgan fingerprint density at radius 1 is 1.62 bits per heavy atom. The molecule has 0 aromatic rings. The van der Waals surface area contributed by atoms with Crippen LogP contribution in [0.4, 0.5) is 0 Å². The third kappa shape index (κ3) is 1.79. The molecule has 0 amide bonds. The van der Waals surface area contributed by atoms with E-state index in [1.807, 2.05) is 0 Å². The summed E-state index contributed by atoms with van der Waals surface area (Å²) >= 11 is 0. The van der Waals surface area contributed by atoms with Crippen molar-refractivity contribution in [3.05, 3.63) is 12.5 Å². The molecule has 0 aliphatic carbocycles. The SMILES string of the molecule is [B]1O/C=C\N=CCO1. The van der Waals surface area contributed by atoms with E-state index < -0.39 is 0 Å². The second-order valence-corrected chi connectivity index (χ2v) is 1.18. The zero-order chi connectivity index (χ0) is 5.66. The summed E-state index contributed by atoms with van der Waals surface area (Å²) in [6.07, 6.45) is 4.64. The first kappa shape index (κ1) is 5.37. The molecule has 0 saturated heterocycles. The molecule has 0 aromatic heterocycles. The van der Waals surface area contributed by atoms with Crippen molar-refractivity contribution in [2.24, 2.45) is 4.99 Å². The highest BCUT2D eigenvalue weighted by Crippen LogP contribution is 1.81. The van der Waals surface area contributed by atoms with Crippen molar-refractivity contribution in [2.75, 3.05) is 6.61 Å². The third-order valence-corrected chi connectivity index (χ3v) is 0.625. The number of hydrogen-bond donors (Lipinski definition) is 0.